The van der Waals surface area contributed by atoms with Crippen molar-refractivity contribution < 1.29 is 4.79 Å². The quantitative estimate of drug-likeness (QED) is 0.251. The van der Waals surface area contributed by atoms with E-state index in [4.69, 9.17) is 4.99 Å². The average molecular weight is 531 g/mol. The van der Waals surface area contributed by atoms with Crippen molar-refractivity contribution in [1.82, 2.24) is 29.8 Å². The zero-order chi connectivity index (χ0) is 20.8. The van der Waals surface area contributed by atoms with Crippen molar-refractivity contribution in [2.24, 2.45) is 12.0 Å². The maximum Gasteiger partial charge on any atom is 0.239 e. The zero-order valence-corrected chi connectivity index (χ0v) is 21.2. The van der Waals surface area contributed by atoms with Gasteiger partial charge < -0.3 is 15.1 Å². The summed E-state index contributed by atoms with van der Waals surface area (Å²) in [6, 6.07) is 0.0565. The highest BCUT2D eigenvalue weighted by Gasteiger charge is 2.31. The molecule has 1 N–H and O–H groups in total. The number of nitrogens with one attached hydrogen (secondary N) is 1. The van der Waals surface area contributed by atoms with Crippen LogP contribution in [-0.2, 0) is 11.8 Å². The van der Waals surface area contributed by atoms with Crippen LogP contribution in [-0.4, -0.2) is 95.8 Å². The van der Waals surface area contributed by atoms with Crippen molar-refractivity contribution in [3.63, 3.8) is 0 Å². The Morgan fingerprint density at radius 2 is 2.13 bits per heavy atom. The van der Waals surface area contributed by atoms with Crippen molar-refractivity contribution in [2.75, 3.05) is 53.4 Å². The molecular weight excluding hydrogens is 493 g/mol. The molecule has 2 aliphatic heterocycles. The van der Waals surface area contributed by atoms with Crippen LogP contribution in [0.4, 0.5) is 0 Å². The number of rotatable bonds is 7. The van der Waals surface area contributed by atoms with Crippen molar-refractivity contribution in [2.45, 2.75) is 44.6 Å². The van der Waals surface area contributed by atoms with Gasteiger partial charge >= 0.3 is 0 Å². The third-order valence-corrected chi connectivity index (χ3v) is 5.97. The molecule has 2 aliphatic rings. The second-order valence-corrected chi connectivity index (χ2v) is 8.39. The monoisotopic (exact) mass is 531 g/mol. The zero-order valence-electron chi connectivity index (χ0n) is 18.9. The number of carbonyl (C=O) groups excluding carboxylic acids is 1. The molecule has 0 radical (unpaired) electrons. The smallest absolute Gasteiger partial charge is 0.239 e. The molecule has 2 saturated heterocycles. The van der Waals surface area contributed by atoms with E-state index >= 15 is 0 Å². The van der Waals surface area contributed by atoms with Crippen molar-refractivity contribution in [1.29, 1.82) is 0 Å². The van der Waals surface area contributed by atoms with E-state index in [0.717, 1.165) is 70.9 Å². The Bertz CT molecular complexity index is 705. The molecule has 8 nitrogen and oxygen atoms in total. The van der Waals surface area contributed by atoms with Gasteiger partial charge in [0.25, 0.3) is 0 Å². The Morgan fingerprint density at radius 3 is 2.80 bits per heavy atom. The summed E-state index contributed by atoms with van der Waals surface area (Å²) in [5.74, 6) is 1.77. The molecule has 2 unspecified atom stereocenters. The molecule has 0 aliphatic carbocycles. The fourth-order valence-corrected chi connectivity index (χ4v) is 4.43. The summed E-state index contributed by atoms with van der Waals surface area (Å²) in [6.07, 6.45) is 8.32. The van der Waals surface area contributed by atoms with Crippen LogP contribution in [0.15, 0.2) is 17.4 Å². The number of likely N-dealkylation sites (tertiary alicyclic amines) is 2. The van der Waals surface area contributed by atoms with Gasteiger partial charge in [0.2, 0.25) is 5.91 Å². The van der Waals surface area contributed by atoms with Gasteiger partial charge in [0.05, 0.1) is 12.2 Å². The second-order valence-electron chi connectivity index (χ2n) is 8.39. The second kappa shape index (κ2) is 11.9. The Morgan fingerprint density at radius 1 is 1.33 bits per heavy atom. The van der Waals surface area contributed by atoms with Crippen molar-refractivity contribution in [3.8, 4) is 0 Å². The van der Waals surface area contributed by atoms with Gasteiger partial charge in [0.15, 0.2) is 5.96 Å². The lowest BCUT2D eigenvalue weighted by atomic mass is 10.0. The highest BCUT2D eigenvalue weighted by molar-refractivity contribution is 14.0. The number of nitrogens with zero attached hydrogens (tertiary/aromatic N) is 6. The number of hydrogen-bond acceptors (Lipinski definition) is 4. The Labute approximate surface area is 198 Å². The summed E-state index contributed by atoms with van der Waals surface area (Å²) in [7, 11) is 5.67. The molecule has 1 amide bonds. The normalized spacial score (nSPS) is 22.3. The van der Waals surface area contributed by atoms with Crippen molar-refractivity contribution >= 4 is 35.8 Å². The minimum Gasteiger partial charge on any atom is -0.357 e. The number of likely N-dealkylation sites (N-methyl/N-ethyl adjacent to an activating group) is 1. The molecule has 9 heteroatoms. The van der Waals surface area contributed by atoms with Crippen LogP contribution in [0, 0.1) is 0 Å². The minimum absolute atomic E-state index is 0. The lowest BCUT2D eigenvalue weighted by Gasteiger charge is -2.26. The lowest BCUT2D eigenvalue weighted by Crippen LogP contribution is -2.43. The molecule has 3 rings (SSSR count). The van der Waals surface area contributed by atoms with Gasteiger partial charge in [-0.3, -0.25) is 19.4 Å². The number of guanidine groups is 1. The molecule has 0 aromatic carbocycles. The van der Waals surface area contributed by atoms with Gasteiger partial charge in [0.1, 0.15) is 0 Å². The van der Waals surface area contributed by atoms with Crippen LogP contribution in [0.5, 0.6) is 0 Å². The molecule has 30 heavy (non-hydrogen) atoms. The number of aliphatic imine (C=N–C) groups is 1. The summed E-state index contributed by atoms with van der Waals surface area (Å²) < 4.78 is 1.88. The highest BCUT2D eigenvalue weighted by Crippen LogP contribution is 2.26. The number of aromatic nitrogens is 2. The number of hydrogen-bond donors (Lipinski definition) is 1. The fraction of sp³-hybridized carbons (Fsp3) is 0.762. The Hall–Kier alpha value is -1.36. The Kier molecular flexibility index (Phi) is 9.86. The van der Waals surface area contributed by atoms with E-state index in [-0.39, 0.29) is 35.9 Å². The molecule has 2 fully saturated rings. The van der Waals surface area contributed by atoms with Crippen LogP contribution in [0.25, 0.3) is 0 Å². The predicted molar refractivity (Wildman–Crippen MR) is 131 cm³/mol. The number of carbonyl (C=O) groups is 1. The first-order valence-corrected chi connectivity index (χ1v) is 11.0. The Balaban J connectivity index is 0.00000320. The summed E-state index contributed by atoms with van der Waals surface area (Å²) >= 11 is 0. The highest BCUT2D eigenvalue weighted by atomic mass is 127. The summed E-state index contributed by atoms with van der Waals surface area (Å²) in [4.78, 5) is 23.6. The number of halogens is 1. The van der Waals surface area contributed by atoms with Gasteiger partial charge in [-0.2, -0.15) is 5.10 Å². The van der Waals surface area contributed by atoms with E-state index in [1.165, 1.54) is 5.56 Å². The third-order valence-electron chi connectivity index (χ3n) is 5.97. The van der Waals surface area contributed by atoms with Gasteiger partial charge in [-0.15, -0.1) is 24.0 Å². The van der Waals surface area contributed by atoms with Gasteiger partial charge in [-0.05, 0) is 44.7 Å². The largest absolute Gasteiger partial charge is 0.357 e. The fourth-order valence-electron chi connectivity index (χ4n) is 4.43. The van der Waals surface area contributed by atoms with Crippen LogP contribution >= 0.6 is 24.0 Å². The topological polar surface area (TPSA) is 69.0 Å². The summed E-state index contributed by atoms with van der Waals surface area (Å²) in [6.45, 7) is 7.75. The molecule has 0 saturated carbocycles. The molecule has 2 atom stereocenters. The van der Waals surface area contributed by atoms with E-state index in [1.807, 2.05) is 32.0 Å². The van der Waals surface area contributed by atoms with Crippen LogP contribution in [0.2, 0.25) is 0 Å². The minimum atomic E-state index is 0. The van der Waals surface area contributed by atoms with Crippen LogP contribution in [0.3, 0.4) is 0 Å². The first kappa shape index (κ1) is 24.9. The number of aryl methyl sites for hydroxylation is 1. The van der Waals surface area contributed by atoms with Crippen LogP contribution < -0.4 is 5.32 Å². The average Bonchev–Trinajstić information content (AvgIpc) is 3.43. The van der Waals surface area contributed by atoms with Gasteiger partial charge in [-0.1, -0.05) is 0 Å². The SMILES string of the molecule is CCNC(=NCCCN1CCCC1C(=O)N(C)C)N1CCC(c2cnn(C)c2)C1.I. The van der Waals surface area contributed by atoms with E-state index in [2.05, 4.69) is 33.3 Å². The maximum atomic E-state index is 12.3. The maximum absolute atomic E-state index is 12.3. The standard InChI is InChI=1S/C21H37N7O.HI/c1-5-22-21(28-13-9-17(16-28)18-14-24-26(4)15-18)23-10-7-12-27-11-6-8-19(27)20(29)25(2)3;/h14-15,17,19H,5-13,16H2,1-4H3,(H,22,23);1H. The first-order valence-electron chi connectivity index (χ1n) is 11.0. The molecule has 0 bridgehead atoms. The van der Waals surface area contributed by atoms with Crippen LogP contribution in [0.1, 0.15) is 44.1 Å². The molecule has 3 heterocycles. The van der Waals surface area contributed by atoms with E-state index < -0.39 is 0 Å². The molecule has 170 valence electrons. The van der Waals surface area contributed by atoms with E-state index in [9.17, 15) is 4.79 Å². The third kappa shape index (κ3) is 6.32. The molecule has 0 spiro atoms. The van der Waals surface area contributed by atoms with E-state index in [0.29, 0.717) is 5.92 Å². The lowest BCUT2D eigenvalue weighted by molar-refractivity contribution is -0.133. The molecule has 1 aromatic heterocycles. The molecule has 1 aromatic rings. The van der Waals surface area contributed by atoms with E-state index in [1.54, 1.807) is 4.90 Å². The number of amides is 1. The van der Waals surface area contributed by atoms with Gasteiger partial charge in [-0.25, -0.2) is 0 Å². The summed E-state index contributed by atoms with van der Waals surface area (Å²) in [5, 5.41) is 7.77. The first-order chi connectivity index (χ1) is 14.0. The van der Waals surface area contributed by atoms with Crippen molar-refractivity contribution in [3.05, 3.63) is 18.0 Å². The summed E-state index contributed by atoms with van der Waals surface area (Å²) in [5.41, 5.74) is 1.32. The van der Waals surface area contributed by atoms with Gasteiger partial charge in [0, 0.05) is 66.0 Å². The predicted octanol–water partition coefficient (Wildman–Crippen LogP) is 1.74. The molecular formula is C21H38IN7O.